The first-order chi connectivity index (χ1) is 8.72. The molecule has 1 rings (SSSR count). The zero-order chi connectivity index (χ0) is 13.4. The van der Waals surface area contributed by atoms with Crippen molar-refractivity contribution in [3.63, 3.8) is 0 Å². The third-order valence-corrected chi connectivity index (χ3v) is 3.79. The molecule has 1 fully saturated rings. The molecule has 20 heavy (non-hydrogen) atoms. The summed E-state index contributed by atoms with van der Waals surface area (Å²) in [4.78, 5) is 16.7. The molecule has 1 aliphatic heterocycles. The number of halogens is 2. The number of carbonyl (C=O) groups is 1. The fraction of sp³-hybridized carbons (Fsp3) is 0.929. The van der Waals surface area contributed by atoms with Crippen LogP contribution in [0.1, 0.15) is 40.0 Å². The lowest BCUT2D eigenvalue weighted by atomic mass is 10.0. The van der Waals surface area contributed by atoms with E-state index in [9.17, 15) is 4.79 Å². The number of nitrogens with one attached hydrogen (secondary N) is 1. The fourth-order valence-electron chi connectivity index (χ4n) is 2.60. The van der Waals surface area contributed by atoms with E-state index in [-0.39, 0.29) is 24.8 Å². The number of rotatable bonds is 7. The van der Waals surface area contributed by atoms with E-state index in [1.54, 1.807) is 0 Å². The minimum absolute atomic E-state index is 0. The monoisotopic (exact) mass is 327 g/mol. The number of carbonyl (C=O) groups excluding carboxylic acids is 1. The molecule has 0 aromatic heterocycles. The van der Waals surface area contributed by atoms with Gasteiger partial charge in [0.2, 0.25) is 5.91 Å². The second-order valence-electron chi connectivity index (χ2n) is 5.03. The maximum atomic E-state index is 12.4. The predicted molar refractivity (Wildman–Crippen MR) is 90.2 cm³/mol. The van der Waals surface area contributed by atoms with Crippen LogP contribution in [-0.4, -0.2) is 61.0 Å². The van der Waals surface area contributed by atoms with Crippen molar-refractivity contribution in [3.8, 4) is 0 Å². The highest BCUT2D eigenvalue weighted by atomic mass is 35.5. The van der Waals surface area contributed by atoms with Gasteiger partial charge in [-0.3, -0.25) is 9.69 Å². The van der Waals surface area contributed by atoms with E-state index in [4.69, 9.17) is 0 Å². The van der Waals surface area contributed by atoms with Crippen molar-refractivity contribution in [2.45, 2.75) is 46.1 Å². The summed E-state index contributed by atoms with van der Waals surface area (Å²) in [5, 5.41) is 3.37. The van der Waals surface area contributed by atoms with E-state index in [0.717, 1.165) is 52.0 Å². The molecule has 0 saturated carbocycles. The van der Waals surface area contributed by atoms with Gasteiger partial charge in [-0.2, -0.15) is 0 Å². The second-order valence-corrected chi connectivity index (χ2v) is 5.03. The second kappa shape index (κ2) is 12.7. The average molecular weight is 328 g/mol. The summed E-state index contributed by atoms with van der Waals surface area (Å²) in [6.07, 6.45) is 3.25. The van der Waals surface area contributed by atoms with Gasteiger partial charge in [-0.1, -0.05) is 20.8 Å². The Labute approximate surface area is 136 Å². The first kappa shape index (κ1) is 22.3. The third kappa shape index (κ3) is 7.11. The van der Waals surface area contributed by atoms with Gasteiger partial charge in [0.15, 0.2) is 0 Å². The van der Waals surface area contributed by atoms with Crippen molar-refractivity contribution in [3.05, 3.63) is 0 Å². The van der Waals surface area contributed by atoms with Gasteiger partial charge < -0.3 is 10.2 Å². The molecule has 0 atom stereocenters. The number of piperidine rings is 1. The van der Waals surface area contributed by atoms with Crippen LogP contribution in [0.2, 0.25) is 0 Å². The molecule has 0 aliphatic carbocycles. The molecule has 1 aliphatic rings. The predicted octanol–water partition coefficient (Wildman–Crippen LogP) is 2.16. The highest BCUT2D eigenvalue weighted by Gasteiger charge is 2.25. The van der Waals surface area contributed by atoms with Gasteiger partial charge >= 0.3 is 0 Å². The Morgan fingerprint density at radius 1 is 1.10 bits per heavy atom. The molecule has 1 amide bonds. The molecule has 1 saturated heterocycles. The van der Waals surface area contributed by atoms with Crippen LogP contribution in [0.3, 0.4) is 0 Å². The van der Waals surface area contributed by atoms with Gasteiger partial charge in [0.25, 0.3) is 0 Å². The van der Waals surface area contributed by atoms with Crippen molar-refractivity contribution < 1.29 is 4.79 Å². The smallest absolute Gasteiger partial charge is 0.236 e. The topological polar surface area (TPSA) is 35.6 Å². The maximum absolute atomic E-state index is 12.4. The third-order valence-electron chi connectivity index (χ3n) is 3.79. The van der Waals surface area contributed by atoms with Crippen LogP contribution in [0.5, 0.6) is 0 Å². The lowest BCUT2D eigenvalue weighted by molar-refractivity contribution is -0.135. The van der Waals surface area contributed by atoms with Crippen molar-refractivity contribution in [1.82, 2.24) is 15.1 Å². The highest BCUT2D eigenvalue weighted by Crippen LogP contribution is 2.13. The fourth-order valence-corrected chi connectivity index (χ4v) is 2.60. The molecule has 6 heteroatoms. The molecule has 0 aromatic carbocycles. The van der Waals surface area contributed by atoms with E-state index in [2.05, 4.69) is 35.9 Å². The van der Waals surface area contributed by atoms with E-state index in [1.165, 1.54) is 0 Å². The lowest BCUT2D eigenvalue weighted by Gasteiger charge is -2.35. The highest BCUT2D eigenvalue weighted by molar-refractivity contribution is 5.85. The molecule has 1 N–H and O–H groups in total. The van der Waals surface area contributed by atoms with Gasteiger partial charge in [0, 0.05) is 12.6 Å². The minimum Gasteiger partial charge on any atom is -0.339 e. The number of hydrogen-bond donors (Lipinski definition) is 1. The Balaban J connectivity index is 0. The molecule has 0 spiro atoms. The van der Waals surface area contributed by atoms with Crippen LogP contribution < -0.4 is 5.32 Å². The van der Waals surface area contributed by atoms with Crippen LogP contribution in [0.4, 0.5) is 0 Å². The van der Waals surface area contributed by atoms with Crippen LogP contribution in [-0.2, 0) is 4.79 Å². The number of amides is 1. The largest absolute Gasteiger partial charge is 0.339 e. The van der Waals surface area contributed by atoms with Crippen LogP contribution in [0, 0.1) is 0 Å². The van der Waals surface area contributed by atoms with E-state index in [0.29, 0.717) is 18.5 Å². The summed E-state index contributed by atoms with van der Waals surface area (Å²) < 4.78 is 0. The van der Waals surface area contributed by atoms with Crippen molar-refractivity contribution in [2.75, 3.05) is 39.3 Å². The van der Waals surface area contributed by atoms with Gasteiger partial charge in [-0.25, -0.2) is 0 Å². The van der Waals surface area contributed by atoms with Gasteiger partial charge in [0.05, 0.1) is 6.54 Å². The van der Waals surface area contributed by atoms with E-state index in [1.807, 2.05) is 0 Å². The number of hydrogen-bond acceptors (Lipinski definition) is 3. The van der Waals surface area contributed by atoms with Crippen molar-refractivity contribution in [1.29, 1.82) is 0 Å². The Hall–Kier alpha value is -0.0300. The normalized spacial score (nSPS) is 15.4. The van der Waals surface area contributed by atoms with Crippen molar-refractivity contribution >= 4 is 30.7 Å². The zero-order valence-corrected chi connectivity index (χ0v) is 14.7. The van der Waals surface area contributed by atoms with Gasteiger partial charge in [-0.15, -0.1) is 24.8 Å². The number of likely N-dealkylation sites (N-methyl/N-ethyl adjacent to an activating group) is 1. The SMILES string of the molecule is CCCN(C(=O)CN(CC)CC)C1CCNCC1.Cl.Cl. The summed E-state index contributed by atoms with van der Waals surface area (Å²) in [5.74, 6) is 0.312. The summed E-state index contributed by atoms with van der Waals surface area (Å²) in [5.41, 5.74) is 0. The maximum Gasteiger partial charge on any atom is 0.236 e. The minimum atomic E-state index is 0. The van der Waals surface area contributed by atoms with E-state index < -0.39 is 0 Å². The first-order valence-electron chi connectivity index (χ1n) is 7.45. The molecule has 0 radical (unpaired) electrons. The molecule has 122 valence electrons. The average Bonchev–Trinajstić information content (AvgIpc) is 2.42. The van der Waals surface area contributed by atoms with Gasteiger partial charge in [0.1, 0.15) is 0 Å². The van der Waals surface area contributed by atoms with Gasteiger partial charge in [-0.05, 0) is 45.4 Å². The van der Waals surface area contributed by atoms with Crippen molar-refractivity contribution in [2.24, 2.45) is 0 Å². The molecule has 1 heterocycles. The number of nitrogens with zero attached hydrogens (tertiary/aromatic N) is 2. The lowest BCUT2D eigenvalue weighted by Crippen LogP contribution is -2.49. The first-order valence-corrected chi connectivity index (χ1v) is 7.45. The molecule has 0 bridgehead atoms. The van der Waals surface area contributed by atoms with Crippen LogP contribution >= 0.6 is 24.8 Å². The molecule has 0 aromatic rings. The molecular formula is C14H31Cl2N3O. The standard InChI is InChI=1S/C14H29N3O.2ClH/c1-4-11-17(13-7-9-15-10-8-13)14(18)12-16(5-2)6-3;;/h13,15H,4-12H2,1-3H3;2*1H. The van der Waals surface area contributed by atoms with Crippen LogP contribution in [0.15, 0.2) is 0 Å². The van der Waals surface area contributed by atoms with Crippen LogP contribution in [0.25, 0.3) is 0 Å². The Morgan fingerprint density at radius 2 is 1.65 bits per heavy atom. The Kier molecular flexibility index (Phi) is 14.1. The van der Waals surface area contributed by atoms with E-state index >= 15 is 0 Å². The molecular weight excluding hydrogens is 297 g/mol. The quantitative estimate of drug-likeness (QED) is 0.778. The summed E-state index contributed by atoms with van der Waals surface area (Å²) in [6.45, 7) is 11.9. The zero-order valence-electron chi connectivity index (χ0n) is 13.1. The molecule has 0 unspecified atom stereocenters. The Morgan fingerprint density at radius 3 is 2.10 bits per heavy atom. The summed E-state index contributed by atoms with van der Waals surface area (Å²) >= 11 is 0. The Bertz CT molecular complexity index is 245. The summed E-state index contributed by atoms with van der Waals surface area (Å²) in [7, 11) is 0. The summed E-state index contributed by atoms with van der Waals surface area (Å²) in [6, 6.07) is 0.453. The molecule has 4 nitrogen and oxygen atoms in total.